The molecule has 2 aliphatic rings. The Morgan fingerprint density at radius 3 is 2.90 bits per heavy atom. The fourth-order valence-corrected chi connectivity index (χ4v) is 2.91. The molecule has 108 valence electrons. The number of rotatable bonds is 2. The highest BCUT2D eigenvalue weighted by Gasteiger charge is 2.38. The quantitative estimate of drug-likeness (QED) is 0.899. The lowest BCUT2D eigenvalue weighted by atomic mass is 10.0. The van der Waals surface area contributed by atoms with Gasteiger partial charge in [-0.2, -0.15) is 0 Å². The van der Waals surface area contributed by atoms with Crippen molar-refractivity contribution in [1.82, 2.24) is 0 Å². The number of nitrogens with two attached hydrogens (primary N) is 1. The Balaban J connectivity index is 1.91. The zero-order valence-corrected chi connectivity index (χ0v) is 10.9. The van der Waals surface area contributed by atoms with Gasteiger partial charge in [0.1, 0.15) is 17.7 Å². The molecule has 2 N–H and O–H groups in total. The minimum absolute atomic E-state index is 0.0909. The predicted octanol–water partition coefficient (Wildman–Crippen LogP) is 1.74. The minimum atomic E-state index is -1.05. The van der Waals surface area contributed by atoms with E-state index in [0.29, 0.717) is 13.2 Å². The van der Waals surface area contributed by atoms with Gasteiger partial charge in [0, 0.05) is 30.7 Å². The summed E-state index contributed by atoms with van der Waals surface area (Å²) in [5, 5.41) is 0. The van der Waals surface area contributed by atoms with Crippen molar-refractivity contribution in [2.75, 3.05) is 24.7 Å². The lowest BCUT2D eigenvalue weighted by molar-refractivity contribution is -0.119. The van der Waals surface area contributed by atoms with Gasteiger partial charge in [-0.25, -0.2) is 8.78 Å². The Hall–Kier alpha value is -1.53. The monoisotopic (exact) mass is 282 g/mol. The van der Waals surface area contributed by atoms with Crippen LogP contribution in [0.15, 0.2) is 12.1 Å². The van der Waals surface area contributed by atoms with Gasteiger partial charge in [-0.05, 0) is 18.9 Å². The molecule has 0 aromatic heterocycles. The summed E-state index contributed by atoms with van der Waals surface area (Å²) in [6.07, 6.45) is 1.87. The molecule has 0 bridgehead atoms. The molecule has 1 fully saturated rings. The van der Waals surface area contributed by atoms with Crippen LogP contribution in [0.2, 0.25) is 0 Å². The summed E-state index contributed by atoms with van der Waals surface area (Å²) in [6, 6.07) is 0.890. The molecule has 2 aliphatic heterocycles. The number of halogens is 2. The average molecular weight is 282 g/mol. The summed E-state index contributed by atoms with van der Waals surface area (Å²) in [6.45, 7) is 1.68. The molecule has 0 aliphatic carbocycles. The number of hydrogen-bond acceptors (Lipinski definition) is 3. The van der Waals surface area contributed by atoms with Gasteiger partial charge in [0.05, 0.1) is 12.3 Å². The van der Waals surface area contributed by atoms with Crippen LogP contribution in [-0.2, 0) is 9.53 Å². The van der Waals surface area contributed by atoms with Crippen molar-refractivity contribution in [1.29, 1.82) is 0 Å². The Morgan fingerprint density at radius 1 is 1.40 bits per heavy atom. The molecule has 1 amide bonds. The van der Waals surface area contributed by atoms with Gasteiger partial charge in [0.25, 0.3) is 0 Å². The fraction of sp³-hybridized carbons (Fsp3) is 0.500. The molecule has 1 aromatic rings. The second-order valence-electron chi connectivity index (χ2n) is 5.33. The zero-order valence-electron chi connectivity index (χ0n) is 10.9. The normalized spacial score (nSPS) is 25.9. The van der Waals surface area contributed by atoms with Crippen LogP contribution < -0.4 is 10.6 Å². The topological polar surface area (TPSA) is 55.6 Å². The molecule has 2 unspecified atom stereocenters. The molecule has 1 aromatic carbocycles. The molecule has 6 heteroatoms. The molecule has 1 saturated heterocycles. The Morgan fingerprint density at radius 2 is 2.20 bits per heavy atom. The zero-order chi connectivity index (χ0) is 14.3. The van der Waals surface area contributed by atoms with Gasteiger partial charge < -0.3 is 15.4 Å². The summed E-state index contributed by atoms with van der Waals surface area (Å²) in [4.78, 5) is 13.6. The first-order valence-electron chi connectivity index (χ1n) is 6.71. The maximum Gasteiger partial charge on any atom is 0.248 e. The second kappa shape index (κ2) is 5.10. The molecule has 0 saturated carbocycles. The SMILES string of the molecule is NC1C(=O)N(CC2CCCOC2)c2cc(F)cc(F)c21. The van der Waals surface area contributed by atoms with E-state index >= 15 is 0 Å². The van der Waals surface area contributed by atoms with Crippen LogP contribution in [-0.4, -0.2) is 25.7 Å². The summed E-state index contributed by atoms with van der Waals surface area (Å²) in [5.74, 6) is -1.66. The van der Waals surface area contributed by atoms with Gasteiger partial charge in [0.15, 0.2) is 0 Å². The van der Waals surface area contributed by atoms with Crippen molar-refractivity contribution in [3.05, 3.63) is 29.3 Å². The van der Waals surface area contributed by atoms with E-state index in [9.17, 15) is 13.6 Å². The number of fused-ring (bicyclic) bond motifs is 1. The van der Waals surface area contributed by atoms with Gasteiger partial charge in [0.2, 0.25) is 5.91 Å². The van der Waals surface area contributed by atoms with Gasteiger partial charge in [-0.15, -0.1) is 0 Å². The van der Waals surface area contributed by atoms with E-state index in [4.69, 9.17) is 10.5 Å². The molecule has 20 heavy (non-hydrogen) atoms. The number of nitrogens with zero attached hydrogens (tertiary/aromatic N) is 1. The van der Waals surface area contributed by atoms with Crippen LogP contribution in [0.25, 0.3) is 0 Å². The van der Waals surface area contributed by atoms with E-state index in [0.717, 1.165) is 25.5 Å². The van der Waals surface area contributed by atoms with Crippen LogP contribution in [0.5, 0.6) is 0 Å². The number of anilines is 1. The number of amides is 1. The van der Waals surface area contributed by atoms with E-state index in [2.05, 4.69) is 0 Å². The van der Waals surface area contributed by atoms with Crippen LogP contribution in [0, 0.1) is 17.6 Å². The first-order valence-corrected chi connectivity index (χ1v) is 6.71. The van der Waals surface area contributed by atoms with E-state index in [1.54, 1.807) is 0 Å². The van der Waals surface area contributed by atoms with Gasteiger partial charge in [-0.1, -0.05) is 0 Å². The van der Waals surface area contributed by atoms with Crippen LogP contribution in [0.1, 0.15) is 24.4 Å². The average Bonchev–Trinajstić information content (AvgIpc) is 2.65. The fourth-order valence-electron chi connectivity index (χ4n) is 2.91. The second-order valence-corrected chi connectivity index (χ2v) is 5.33. The van der Waals surface area contributed by atoms with Crippen molar-refractivity contribution in [3.8, 4) is 0 Å². The first-order chi connectivity index (χ1) is 9.58. The van der Waals surface area contributed by atoms with Crippen molar-refractivity contribution in [2.45, 2.75) is 18.9 Å². The molecule has 0 spiro atoms. The van der Waals surface area contributed by atoms with E-state index in [1.807, 2.05) is 0 Å². The number of carbonyl (C=O) groups is 1. The smallest absolute Gasteiger partial charge is 0.248 e. The van der Waals surface area contributed by atoms with Crippen molar-refractivity contribution in [2.24, 2.45) is 11.7 Å². The largest absolute Gasteiger partial charge is 0.381 e. The lowest BCUT2D eigenvalue weighted by Crippen LogP contribution is -2.38. The highest BCUT2D eigenvalue weighted by atomic mass is 19.1. The Kier molecular flexibility index (Phi) is 3.43. The molecule has 3 rings (SSSR count). The third-order valence-electron chi connectivity index (χ3n) is 3.90. The van der Waals surface area contributed by atoms with E-state index < -0.39 is 17.7 Å². The van der Waals surface area contributed by atoms with Crippen LogP contribution in [0.4, 0.5) is 14.5 Å². The van der Waals surface area contributed by atoms with Crippen molar-refractivity contribution >= 4 is 11.6 Å². The highest BCUT2D eigenvalue weighted by molar-refractivity contribution is 6.04. The number of hydrogen-bond donors (Lipinski definition) is 1. The van der Waals surface area contributed by atoms with E-state index in [1.165, 1.54) is 11.0 Å². The van der Waals surface area contributed by atoms with Crippen molar-refractivity contribution in [3.63, 3.8) is 0 Å². The van der Waals surface area contributed by atoms with Crippen LogP contribution in [0.3, 0.4) is 0 Å². The predicted molar refractivity (Wildman–Crippen MR) is 69.2 cm³/mol. The molecule has 2 heterocycles. The first kappa shape index (κ1) is 13.5. The van der Waals surface area contributed by atoms with Crippen LogP contribution >= 0.6 is 0 Å². The third kappa shape index (κ3) is 2.19. The summed E-state index contributed by atoms with van der Waals surface area (Å²) in [5.41, 5.74) is 6.10. The van der Waals surface area contributed by atoms with E-state index in [-0.39, 0.29) is 23.1 Å². The number of ether oxygens (including phenoxy) is 1. The lowest BCUT2D eigenvalue weighted by Gasteiger charge is -2.27. The summed E-state index contributed by atoms with van der Waals surface area (Å²) < 4.78 is 32.6. The Bertz CT molecular complexity index is 544. The molecular weight excluding hydrogens is 266 g/mol. The molecular formula is C14H16F2N2O2. The van der Waals surface area contributed by atoms with Gasteiger partial charge in [-0.3, -0.25) is 4.79 Å². The molecule has 2 atom stereocenters. The van der Waals surface area contributed by atoms with Crippen molar-refractivity contribution < 1.29 is 18.3 Å². The summed E-state index contributed by atoms with van der Waals surface area (Å²) >= 11 is 0. The molecule has 0 radical (unpaired) electrons. The number of carbonyl (C=O) groups excluding carboxylic acids is 1. The molecule has 4 nitrogen and oxygen atoms in total. The summed E-state index contributed by atoms with van der Waals surface area (Å²) in [7, 11) is 0. The third-order valence-corrected chi connectivity index (χ3v) is 3.90. The standard InChI is InChI=1S/C14H16F2N2O2/c15-9-4-10(16)12-11(5-9)18(14(19)13(12)17)6-8-2-1-3-20-7-8/h4-5,8,13H,1-3,6-7,17H2. The highest BCUT2D eigenvalue weighted by Crippen LogP contribution is 2.38. The maximum absolute atomic E-state index is 13.8. The maximum atomic E-state index is 13.8. The minimum Gasteiger partial charge on any atom is -0.381 e. The Labute approximate surface area is 115 Å². The number of benzene rings is 1. The van der Waals surface area contributed by atoms with Gasteiger partial charge >= 0.3 is 0 Å².